The smallest absolute Gasteiger partial charge is 0.200 e. The van der Waals surface area contributed by atoms with Crippen molar-refractivity contribution in [2.45, 2.75) is 5.75 Å². The molecular formula is C15H8F6O2S. The van der Waals surface area contributed by atoms with E-state index in [-0.39, 0.29) is 11.6 Å². The first-order valence-corrected chi connectivity index (χ1v) is 8.00. The first-order valence-electron chi connectivity index (χ1n) is 6.29. The Bertz CT molecular complexity index is 876. The lowest BCUT2D eigenvalue weighted by molar-refractivity contribution is 0.377. The van der Waals surface area contributed by atoms with E-state index in [1.165, 1.54) is 12.1 Å². The van der Waals surface area contributed by atoms with Crippen LogP contribution in [-0.2, 0) is 15.6 Å². The molecule has 0 aliphatic rings. The summed E-state index contributed by atoms with van der Waals surface area (Å²) in [5.74, 6) is -12.2. The van der Waals surface area contributed by atoms with Gasteiger partial charge in [0.15, 0.2) is 33.1 Å². The summed E-state index contributed by atoms with van der Waals surface area (Å²) in [6.07, 6.45) is 0.287. The van der Waals surface area contributed by atoms with Gasteiger partial charge in [-0.15, -0.1) is 0 Å². The predicted molar refractivity (Wildman–Crippen MR) is 74.3 cm³/mol. The summed E-state index contributed by atoms with van der Waals surface area (Å²) in [7, 11) is -4.09. The van der Waals surface area contributed by atoms with Crippen LogP contribution in [-0.4, -0.2) is 8.42 Å². The van der Waals surface area contributed by atoms with E-state index >= 15 is 0 Å². The standard InChI is InChI=1S/C15H8F6O2S/c16-9-3-1-8(2-4-9)7-24(22,23)6-5-10-11(17)13(19)15(21)14(20)12(10)18/h1-6H,7H2. The molecule has 0 N–H and O–H groups in total. The molecule has 0 saturated carbocycles. The van der Waals surface area contributed by atoms with Gasteiger partial charge in [0, 0.05) is 5.41 Å². The predicted octanol–water partition coefficient (Wildman–Crippen LogP) is 4.11. The van der Waals surface area contributed by atoms with Gasteiger partial charge in [0.2, 0.25) is 5.82 Å². The van der Waals surface area contributed by atoms with Crippen LogP contribution in [0.2, 0.25) is 0 Å². The molecular weight excluding hydrogens is 358 g/mol. The summed E-state index contributed by atoms with van der Waals surface area (Å²) in [5, 5.41) is 0.328. The highest BCUT2D eigenvalue weighted by molar-refractivity contribution is 7.93. The van der Waals surface area contributed by atoms with Gasteiger partial charge >= 0.3 is 0 Å². The first kappa shape index (κ1) is 18.1. The molecule has 2 aromatic rings. The Hall–Kier alpha value is -2.29. The van der Waals surface area contributed by atoms with E-state index in [0.717, 1.165) is 12.1 Å². The van der Waals surface area contributed by atoms with Crippen LogP contribution in [0.1, 0.15) is 11.1 Å². The number of benzene rings is 2. The van der Waals surface area contributed by atoms with Crippen molar-refractivity contribution in [1.29, 1.82) is 0 Å². The second kappa shape index (κ2) is 6.68. The summed E-state index contributed by atoms with van der Waals surface area (Å²) in [6, 6.07) is 4.38. The van der Waals surface area contributed by atoms with E-state index in [1.807, 2.05) is 0 Å². The molecule has 9 heteroatoms. The Labute approximate surface area is 133 Å². The molecule has 0 aromatic heterocycles. The third kappa shape index (κ3) is 3.78. The fourth-order valence-electron chi connectivity index (χ4n) is 1.80. The average Bonchev–Trinajstić information content (AvgIpc) is 2.53. The quantitative estimate of drug-likeness (QED) is 0.464. The van der Waals surface area contributed by atoms with Gasteiger partial charge < -0.3 is 0 Å². The molecule has 24 heavy (non-hydrogen) atoms. The molecule has 2 aromatic carbocycles. The Morgan fingerprint density at radius 3 is 1.71 bits per heavy atom. The van der Waals surface area contributed by atoms with Crippen molar-refractivity contribution in [2.75, 3.05) is 0 Å². The highest BCUT2D eigenvalue weighted by Gasteiger charge is 2.24. The molecule has 0 fully saturated rings. The Kier molecular flexibility index (Phi) is 5.02. The maximum atomic E-state index is 13.4. The zero-order valence-electron chi connectivity index (χ0n) is 11.7. The van der Waals surface area contributed by atoms with Crippen LogP contribution in [0, 0.1) is 34.9 Å². The van der Waals surface area contributed by atoms with Crippen molar-refractivity contribution in [3.8, 4) is 0 Å². The highest BCUT2D eigenvalue weighted by Crippen LogP contribution is 2.24. The van der Waals surface area contributed by atoms with E-state index < -0.39 is 56.1 Å². The summed E-state index contributed by atoms with van der Waals surface area (Å²) in [4.78, 5) is 0. The highest BCUT2D eigenvalue weighted by atomic mass is 32.2. The maximum absolute atomic E-state index is 13.4. The van der Waals surface area contributed by atoms with Gasteiger partial charge in [0.1, 0.15) is 5.82 Å². The van der Waals surface area contributed by atoms with Gasteiger partial charge in [0.05, 0.1) is 11.3 Å². The molecule has 0 bridgehead atoms. The van der Waals surface area contributed by atoms with Crippen LogP contribution < -0.4 is 0 Å². The van der Waals surface area contributed by atoms with Crippen molar-refractivity contribution in [2.24, 2.45) is 0 Å². The van der Waals surface area contributed by atoms with Crippen molar-refractivity contribution in [3.05, 3.63) is 75.7 Å². The molecule has 0 radical (unpaired) electrons. The summed E-state index contributed by atoms with van der Waals surface area (Å²) in [5.41, 5.74) is -1.19. The van der Waals surface area contributed by atoms with Gasteiger partial charge in [-0.2, -0.15) is 0 Å². The van der Waals surface area contributed by atoms with Crippen LogP contribution in [0.3, 0.4) is 0 Å². The minimum absolute atomic E-state index is 0.179. The van der Waals surface area contributed by atoms with E-state index in [4.69, 9.17) is 0 Å². The summed E-state index contributed by atoms with van der Waals surface area (Å²) >= 11 is 0. The Morgan fingerprint density at radius 1 is 0.750 bits per heavy atom. The fourth-order valence-corrected chi connectivity index (χ4v) is 2.90. The van der Waals surface area contributed by atoms with Crippen molar-refractivity contribution < 1.29 is 34.8 Å². The molecule has 0 saturated heterocycles. The minimum Gasteiger partial charge on any atom is -0.224 e. The number of hydrogen-bond donors (Lipinski definition) is 0. The van der Waals surface area contributed by atoms with Crippen molar-refractivity contribution in [3.63, 3.8) is 0 Å². The Morgan fingerprint density at radius 2 is 1.21 bits per heavy atom. The molecule has 0 amide bonds. The van der Waals surface area contributed by atoms with E-state index in [1.54, 1.807) is 0 Å². The second-order valence-electron chi connectivity index (χ2n) is 4.72. The molecule has 0 spiro atoms. The fraction of sp³-hybridized carbons (Fsp3) is 0.0667. The lowest BCUT2D eigenvalue weighted by Crippen LogP contribution is -2.05. The molecule has 0 aliphatic heterocycles. The van der Waals surface area contributed by atoms with Gasteiger partial charge in [-0.05, 0) is 23.8 Å². The molecule has 0 atom stereocenters. The lowest BCUT2D eigenvalue weighted by Gasteiger charge is -2.04. The number of sulfone groups is 1. The maximum Gasteiger partial charge on any atom is 0.200 e. The third-order valence-electron chi connectivity index (χ3n) is 2.97. The summed E-state index contributed by atoms with van der Waals surface area (Å²) < 4.78 is 102. The number of halogens is 6. The third-order valence-corrected chi connectivity index (χ3v) is 4.25. The molecule has 2 rings (SSSR count). The van der Waals surface area contributed by atoms with Crippen LogP contribution in [0.15, 0.2) is 29.7 Å². The molecule has 2 nitrogen and oxygen atoms in total. The monoisotopic (exact) mass is 366 g/mol. The zero-order chi connectivity index (χ0) is 18.1. The average molecular weight is 366 g/mol. The molecule has 0 unspecified atom stereocenters. The Balaban J connectivity index is 2.35. The SMILES string of the molecule is O=S(=O)(C=Cc1c(F)c(F)c(F)c(F)c1F)Cc1ccc(F)cc1. The van der Waals surface area contributed by atoms with Gasteiger partial charge in [0.25, 0.3) is 0 Å². The number of hydrogen-bond acceptors (Lipinski definition) is 2. The largest absolute Gasteiger partial charge is 0.224 e. The van der Waals surface area contributed by atoms with Crippen molar-refractivity contribution in [1.82, 2.24) is 0 Å². The summed E-state index contributed by atoms with van der Waals surface area (Å²) in [6.45, 7) is 0. The van der Waals surface area contributed by atoms with Crippen LogP contribution in [0.5, 0.6) is 0 Å². The molecule has 128 valence electrons. The molecule has 0 aliphatic carbocycles. The van der Waals surface area contributed by atoms with Crippen LogP contribution in [0.25, 0.3) is 6.08 Å². The van der Waals surface area contributed by atoms with E-state index in [2.05, 4.69) is 0 Å². The molecule has 0 heterocycles. The van der Waals surface area contributed by atoms with Gasteiger partial charge in [-0.3, -0.25) is 0 Å². The zero-order valence-corrected chi connectivity index (χ0v) is 12.5. The topological polar surface area (TPSA) is 34.1 Å². The second-order valence-corrected chi connectivity index (χ2v) is 6.61. The van der Waals surface area contributed by atoms with E-state index in [9.17, 15) is 34.8 Å². The van der Waals surface area contributed by atoms with E-state index in [0.29, 0.717) is 5.41 Å². The van der Waals surface area contributed by atoms with Crippen LogP contribution >= 0.6 is 0 Å². The van der Waals surface area contributed by atoms with Crippen molar-refractivity contribution >= 4 is 15.9 Å². The number of rotatable bonds is 4. The van der Waals surface area contributed by atoms with Gasteiger partial charge in [-0.1, -0.05) is 12.1 Å². The minimum atomic E-state index is -4.09. The normalized spacial score (nSPS) is 12.1. The first-order chi connectivity index (χ1) is 11.1. The van der Waals surface area contributed by atoms with Crippen LogP contribution in [0.4, 0.5) is 26.3 Å². The van der Waals surface area contributed by atoms with Gasteiger partial charge in [-0.25, -0.2) is 34.8 Å². The lowest BCUT2D eigenvalue weighted by atomic mass is 10.1.